The zero-order chi connectivity index (χ0) is 27.1. The summed E-state index contributed by atoms with van der Waals surface area (Å²) in [4.78, 5) is 20.0. The van der Waals surface area contributed by atoms with Crippen molar-refractivity contribution in [3.63, 3.8) is 0 Å². The number of rotatable bonds is 10. The van der Waals surface area contributed by atoms with Crippen LogP contribution < -0.4 is 20.1 Å². The third kappa shape index (κ3) is 7.02. The Bertz CT molecular complexity index is 1220. The predicted octanol–water partition coefficient (Wildman–Crippen LogP) is 4.26. The number of nitrogens with one attached hydrogen (secondary N) is 2. The van der Waals surface area contributed by atoms with Gasteiger partial charge in [0.2, 0.25) is 11.9 Å². The first-order chi connectivity index (χ1) is 18.4. The van der Waals surface area contributed by atoms with Gasteiger partial charge < -0.3 is 24.4 Å². The molecule has 10 heteroatoms. The molecule has 4 rings (SSSR count). The number of amides is 1. The van der Waals surface area contributed by atoms with Crippen LogP contribution in [0.15, 0.2) is 54.7 Å². The smallest absolute Gasteiger partial charge is 0.246 e. The van der Waals surface area contributed by atoms with Crippen molar-refractivity contribution >= 4 is 29.2 Å². The lowest BCUT2D eigenvalue weighted by Crippen LogP contribution is -2.48. The molecular weight excluding hydrogens is 502 g/mol. The molecule has 0 aliphatic carbocycles. The SMILES string of the molecule is COc1ccc(-c2cn(-c3ccc(OC)cc3)c(NC(=O)CN(CC3CCCO3)C(=S)NC(C)C)n2)cc1. The number of hydrogen-bond acceptors (Lipinski definition) is 6. The molecule has 0 bridgehead atoms. The number of benzene rings is 2. The molecule has 202 valence electrons. The summed E-state index contributed by atoms with van der Waals surface area (Å²) in [5.41, 5.74) is 2.45. The van der Waals surface area contributed by atoms with Gasteiger partial charge in [-0.25, -0.2) is 4.98 Å². The van der Waals surface area contributed by atoms with Gasteiger partial charge in [0, 0.05) is 36.6 Å². The highest BCUT2D eigenvalue weighted by atomic mass is 32.1. The van der Waals surface area contributed by atoms with Crippen LogP contribution in [0.25, 0.3) is 16.9 Å². The number of thiocarbonyl (C=S) groups is 1. The number of carbonyl (C=O) groups is 1. The molecule has 38 heavy (non-hydrogen) atoms. The molecule has 1 amide bonds. The van der Waals surface area contributed by atoms with Gasteiger partial charge in [-0.1, -0.05) is 0 Å². The molecule has 1 aliphatic rings. The molecule has 0 spiro atoms. The molecular formula is C28H35N5O4S. The minimum Gasteiger partial charge on any atom is -0.497 e. The van der Waals surface area contributed by atoms with E-state index in [9.17, 15) is 4.79 Å². The monoisotopic (exact) mass is 537 g/mol. The van der Waals surface area contributed by atoms with E-state index in [4.69, 9.17) is 31.4 Å². The van der Waals surface area contributed by atoms with Crippen molar-refractivity contribution in [3.05, 3.63) is 54.7 Å². The van der Waals surface area contributed by atoms with Crippen LogP contribution in [0.4, 0.5) is 5.95 Å². The number of hydrogen-bond donors (Lipinski definition) is 2. The Labute approximate surface area is 229 Å². The quantitative estimate of drug-likeness (QED) is 0.371. The van der Waals surface area contributed by atoms with Crippen molar-refractivity contribution in [2.24, 2.45) is 0 Å². The number of aromatic nitrogens is 2. The highest BCUT2D eigenvalue weighted by Gasteiger charge is 2.24. The van der Waals surface area contributed by atoms with E-state index in [0.29, 0.717) is 23.3 Å². The van der Waals surface area contributed by atoms with Crippen LogP contribution in [0.2, 0.25) is 0 Å². The van der Waals surface area contributed by atoms with Crippen LogP contribution in [-0.4, -0.2) is 71.5 Å². The highest BCUT2D eigenvalue weighted by molar-refractivity contribution is 7.80. The Kier molecular flexibility index (Phi) is 9.19. The van der Waals surface area contributed by atoms with Gasteiger partial charge in [0.05, 0.1) is 32.6 Å². The van der Waals surface area contributed by atoms with Crippen molar-refractivity contribution in [1.29, 1.82) is 0 Å². The summed E-state index contributed by atoms with van der Waals surface area (Å²) in [5, 5.41) is 6.78. The summed E-state index contributed by atoms with van der Waals surface area (Å²) < 4.78 is 18.2. The average Bonchev–Trinajstić information content (AvgIpc) is 3.58. The van der Waals surface area contributed by atoms with E-state index in [1.54, 1.807) is 14.2 Å². The van der Waals surface area contributed by atoms with E-state index >= 15 is 0 Å². The zero-order valence-electron chi connectivity index (χ0n) is 22.3. The normalized spacial score (nSPS) is 14.8. The first-order valence-corrected chi connectivity index (χ1v) is 13.1. The summed E-state index contributed by atoms with van der Waals surface area (Å²) in [6, 6.07) is 15.4. The van der Waals surface area contributed by atoms with E-state index in [0.717, 1.165) is 42.2 Å². The van der Waals surface area contributed by atoms with Crippen molar-refractivity contribution in [2.75, 3.05) is 39.2 Å². The molecule has 1 saturated heterocycles. The summed E-state index contributed by atoms with van der Waals surface area (Å²) in [5.74, 6) is 1.68. The summed E-state index contributed by atoms with van der Waals surface area (Å²) >= 11 is 5.62. The highest BCUT2D eigenvalue weighted by Crippen LogP contribution is 2.27. The predicted molar refractivity (Wildman–Crippen MR) is 152 cm³/mol. The standard InChI is InChI=1S/C28H35N5O4S/c1-19(2)29-28(38)32(16-24-6-5-15-37-24)18-26(34)31-27-30-25(20-7-11-22(35-3)12-8-20)17-33(27)21-9-13-23(36-4)14-10-21/h7-14,17,19,24H,5-6,15-16,18H2,1-4H3,(H,29,38)(H,30,31,34). The maximum absolute atomic E-state index is 13.3. The van der Waals surface area contributed by atoms with Crippen LogP contribution >= 0.6 is 12.2 Å². The lowest BCUT2D eigenvalue weighted by Gasteiger charge is -2.28. The molecule has 1 unspecified atom stereocenters. The fourth-order valence-electron chi connectivity index (χ4n) is 4.24. The fraction of sp³-hybridized carbons (Fsp3) is 0.393. The van der Waals surface area contributed by atoms with Crippen LogP contribution in [0.5, 0.6) is 11.5 Å². The van der Waals surface area contributed by atoms with E-state index in [1.807, 2.05) is 78.0 Å². The third-order valence-corrected chi connectivity index (χ3v) is 6.55. The largest absolute Gasteiger partial charge is 0.497 e. The molecule has 2 heterocycles. The number of imidazole rings is 1. The molecule has 3 aromatic rings. The van der Waals surface area contributed by atoms with Gasteiger partial charge in [-0.15, -0.1) is 0 Å². The Morgan fingerprint density at radius 3 is 2.37 bits per heavy atom. The Balaban J connectivity index is 1.59. The van der Waals surface area contributed by atoms with Crippen molar-refractivity contribution in [1.82, 2.24) is 19.8 Å². The maximum atomic E-state index is 13.3. The molecule has 1 atom stereocenters. The number of carbonyl (C=O) groups excluding carboxylic acids is 1. The van der Waals surface area contributed by atoms with Crippen LogP contribution in [0.1, 0.15) is 26.7 Å². The Hall–Kier alpha value is -3.63. The first-order valence-electron chi connectivity index (χ1n) is 12.7. The number of anilines is 1. The number of ether oxygens (including phenoxy) is 3. The molecule has 2 aromatic carbocycles. The lowest BCUT2D eigenvalue weighted by molar-refractivity contribution is -0.116. The first kappa shape index (κ1) is 27.4. The van der Waals surface area contributed by atoms with Gasteiger partial charge in [-0.3, -0.25) is 14.7 Å². The van der Waals surface area contributed by atoms with Gasteiger partial charge >= 0.3 is 0 Å². The van der Waals surface area contributed by atoms with E-state index in [1.165, 1.54) is 0 Å². The van der Waals surface area contributed by atoms with Gasteiger partial charge in [0.1, 0.15) is 11.5 Å². The molecule has 1 aromatic heterocycles. The molecule has 1 aliphatic heterocycles. The van der Waals surface area contributed by atoms with Gasteiger partial charge in [-0.2, -0.15) is 0 Å². The summed E-state index contributed by atoms with van der Waals surface area (Å²) in [6.45, 7) is 5.40. The van der Waals surface area contributed by atoms with Gasteiger partial charge in [-0.05, 0) is 87.4 Å². The van der Waals surface area contributed by atoms with Crippen molar-refractivity contribution < 1.29 is 19.0 Å². The van der Waals surface area contributed by atoms with E-state index in [2.05, 4.69) is 10.6 Å². The second-order valence-electron chi connectivity index (χ2n) is 9.41. The number of methoxy groups -OCH3 is 2. The lowest BCUT2D eigenvalue weighted by atomic mass is 10.1. The van der Waals surface area contributed by atoms with Crippen LogP contribution in [-0.2, 0) is 9.53 Å². The van der Waals surface area contributed by atoms with Crippen molar-refractivity contribution in [2.45, 2.75) is 38.8 Å². The van der Waals surface area contributed by atoms with Crippen LogP contribution in [0, 0.1) is 0 Å². The minimum atomic E-state index is -0.224. The molecule has 2 N–H and O–H groups in total. The molecule has 0 saturated carbocycles. The molecule has 9 nitrogen and oxygen atoms in total. The summed E-state index contributed by atoms with van der Waals surface area (Å²) in [7, 11) is 3.26. The second kappa shape index (κ2) is 12.7. The van der Waals surface area contributed by atoms with Gasteiger partial charge in [0.25, 0.3) is 0 Å². The zero-order valence-corrected chi connectivity index (χ0v) is 23.1. The summed E-state index contributed by atoms with van der Waals surface area (Å²) in [6.07, 6.45) is 3.92. The van der Waals surface area contributed by atoms with Gasteiger partial charge in [0.15, 0.2) is 5.11 Å². The molecule has 0 radical (unpaired) electrons. The maximum Gasteiger partial charge on any atom is 0.246 e. The fourth-order valence-corrected chi connectivity index (χ4v) is 4.61. The Morgan fingerprint density at radius 1 is 1.13 bits per heavy atom. The van der Waals surface area contributed by atoms with Crippen molar-refractivity contribution in [3.8, 4) is 28.4 Å². The average molecular weight is 538 g/mol. The number of nitrogens with zero attached hydrogens (tertiary/aromatic N) is 3. The molecule has 1 fully saturated rings. The third-order valence-electron chi connectivity index (χ3n) is 6.18. The van der Waals surface area contributed by atoms with E-state index in [-0.39, 0.29) is 24.6 Å². The Morgan fingerprint density at radius 2 is 1.79 bits per heavy atom. The topological polar surface area (TPSA) is 89.9 Å². The second-order valence-corrected chi connectivity index (χ2v) is 9.80. The van der Waals surface area contributed by atoms with Crippen LogP contribution in [0.3, 0.4) is 0 Å². The van der Waals surface area contributed by atoms with E-state index < -0.39 is 0 Å². The minimum absolute atomic E-state index is 0.0534.